The third-order valence-corrected chi connectivity index (χ3v) is 6.59. The topological polar surface area (TPSA) is 95.5 Å². The first kappa shape index (κ1) is 22.1. The Hall–Kier alpha value is -3.15. The fraction of sp³-hybridized carbons (Fsp3) is 0.238. The summed E-state index contributed by atoms with van der Waals surface area (Å²) >= 11 is 2.50. The average molecular weight is 475 g/mol. The van der Waals surface area contributed by atoms with E-state index in [-0.39, 0.29) is 18.3 Å². The van der Waals surface area contributed by atoms with Gasteiger partial charge >= 0.3 is 0 Å². The van der Waals surface area contributed by atoms with Crippen LogP contribution in [-0.2, 0) is 11.3 Å². The highest BCUT2D eigenvalue weighted by molar-refractivity contribution is 7.21. The lowest BCUT2D eigenvalue weighted by Gasteiger charge is -2.05. The Morgan fingerprint density at radius 3 is 2.66 bits per heavy atom. The maximum absolute atomic E-state index is 14.0. The molecule has 0 aliphatic heterocycles. The Morgan fingerprint density at radius 2 is 1.97 bits per heavy atom. The van der Waals surface area contributed by atoms with Gasteiger partial charge in [-0.05, 0) is 30.7 Å². The van der Waals surface area contributed by atoms with Crippen molar-refractivity contribution in [3.63, 3.8) is 0 Å². The van der Waals surface area contributed by atoms with Crippen molar-refractivity contribution < 1.29 is 23.4 Å². The largest absolute Gasteiger partial charge is 0.494 e. The summed E-state index contributed by atoms with van der Waals surface area (Å²) in [5, 5.41) is 5.65. The van der Waals surface area contributed by atoms with Crippen molar-refractivity contribution in [1.29, 1.82) is 0 Å². The molecule has 11 heteroatoms. The molecule has 0 saturated carbocycles. The van der Waals surface area contributed by atoms with Gasteiger partial charge in [-0.1, -0.05) is 0 Å². The number of halogens is 1. The minimum Gasteiger partial charge on any atom is -0.494 e. The standard InChI is InChI=1S/C21H19FN4O4S2/c1-10-16-19(30-4)24-15(8-28-2)25-20(16)32-17(10)18(27)26-21-23-13(9-31-21)11-5-6-14(29-3)12(22)7-11/h5-7,9H,8H2,1-4H3,(H,23,26,27). The number of anilines is 1. The molecule has 0 spiro atoms. The van der Waals surface area contributed by atoms with E-state index >= 15 is 0 Å². The van der Waals surface area contributed by atoms with Crippen molar-refractivity contribution >= 4 is 43.9 Å². The van der Waals surface area contributed by atoms with Crippen molar-refractivity contribution in [2.45, 2.75) is 13.5 Å². The number of rotatable bonds is 7. The van der Waals surface area contributed by atoms with Gasteiger partial charge < -0.3 is 14.2 Å². The normalized spacial score (nSPS) is 11.0. The number of ether oxygens (including phenoxy) is 3. The molecule has 0 radical (unpaired) electrons. The highest BCUT2D eigenvalue weighted by Gasteiger charge is 2.22. The predicted octanol–water partition coefficient (Wildman–Crippen LogP) is 4.68. The van der Waals surface area contributed by atoms with Crippen LogP contribution in [0.2, 0.25) is 0 Å². The van der Waals surface area contributed by atoms with E-state index in [9.17, 15) is 9.18 Å². The number of aromatic nitrogens is 3. The van der Waals surface area contributed by atoms with E-state index < -0.39 is 5.82 Å². The first-order valence-electron chi connectivity index (χ1n) is 9.38. The third-order valence-electron chi connectivity index (χ3n) is 4.65. The summed E-state index contributed by atoms with van der Waals surface area (Å²) in [5.74, 6) is 0.231. The van der Waals surface area contributed by atoms with Gasteiger partial charge in [-0.3, -0.25) is 10.1 Å². The first-order chi connectivity index (χ1) is 15.4. The molecule has 1 amide bonds. The van der Waals surface area contributed by atoms with Gasteiger partial charge in [0.25, 0.3) is 5.91 Å². The van der Waals surface area contributed by atoms with Gasteiger partial charge in [-0.2, -0.15) is 4.98 Å². The fourth-order valence-corrected chi connectivity index (χ4v) is 4.95. The molecule has 0 bridgehead atoms. The SMILES string of the molecule is COCc1nc(OC)c2c(C)c(C(=O)Nc3nc(-c4ccc(OC)c(F)c4)cs3)sc2n1. The summed E-state index contributed by atoms with van der Waals surface area (Å²) in [7, 11) is 4.49. The Morgan fingerprint density at radius 1 is 1.16 bits per heavy atom. The number of thiophene rings is 1. The van der Waals surface area contributed by atoms with Crippen LogP contribution >= 0.6 is 22.7 Å². The summed E-state index contributed by atoms with van der Waals surface area (Å²) < 4.78 is 29.5. The lowest BCUT2D eigenvalue weighted by Crippen LogP contribution is -2.11. The van der Waals surface area contributed by atoms with Crippen LogP contribution in [0.15, 0.2) is 23.6 Å². The highest BCUT2D eigenvalue weighted by atomic mass is 32.1. The molecule has 0 saturated heterocycles. The number of fused-ring (bicyclic) bond motifs is 1. The molecule has 0 aliphatic carbocycles. The summed E-state index contributed by atoms with van der Waals surface area (Å²) in [6, 6.07) is 4.59. The summed E-state index contributed by atoms with van der Waals surface area (Å²) in [5.41, 5.74) is 1.86. The maximum Gasteiger partial charge on any atom is 0.267 e. The molecule has 4 aromatic rings. The number of hydrogen-bond donors (Lipinski definition) is 1. The minimum absolute atomic E-state index is 0.157. The van der Waals surface area contributed by atoms with Crippen molar-refractivity contribution in [2.24, 2.45) is 0 Å². The second kappa shape index (κ2) is 9.15. The van der Waals surface area contributed by atoms with Crippen LogP contribution in [0.3, 0.4) is 0 Å². The van der Waals surface area contributed by atoms with E-state index in [1.807, 2.05) is 6.92 Å². The second-order valence-corrected chi connectivity index (χ2v) is 8.52. The van der Waals surface area contributed by atoms with Gasteiger partial charge in [-0.15, -0.1) is 22.7 Å². The van der Waals surface area contributed by atoms with Crippen LogP contribution in [0.1, 0.15) is 21.1 Å². The zero-order valence-electron chi connectivity index (χ0n) is 17.7. The lowest BCUT2D eigenvalue weighted by atomic mass is 10.1. The number of hydrogen-bond acceptors (Lipinski definition) is 9. The van der Waals surface area contributed by atoms with Crippen LogP contribution in [0.4, 0.5) is 9.52 Å². The molecule has 0 unspecified atom stereocenters. The van der Waals surface area contributed by atoms with E-state index in [0.717, 1.165) is 5.56 Å². The monoisotopic (exact) mass is 474 g/mol. The van der Waals surface area contributed by atoms with Gasteiger partial charge in [0, 0.05) is 18.1 Å². The summed E-state index contributed by atoms with van der Waals surface area (Å²) in [6.07, 6.45) is 0. The van der Waals surface area contributed by atoms with Crippen LogP contribution in [-0.4, -0.2) is 42.2 Å². The van der Waals surface area contributed by atoms with Crippen molar-refractivity contribution in [3.8, 4) is 22.9 Å². The number of aryl methyl sites for hydroxylation is 1. The first-order valence-corrected chi connectivity index (χ1v) is 11.1. The number of benzene rings is 1. The zero-order chi connectivity index (χ0) is 22.8. The van der Waals surface area contributed by atoms with Gasteiger partial charge in [0.15, 0.2) is 22.5 Å². The Kier molecular flexibility index (Phi) is 6.31. The second-order valence-electron chi connectivity index (χ2n) is 6.66. The van der Waals surface area contributed by atoms with Crippen LogP contribution in [0, 0.1) is 12.7 Å². The van der Waals surface area contributed by atoms with E-state index in [0.29, 0.717) is 43.2 Å². The molecule has 0 aliphatic rings. The minimum atomic E-state index is -0.479. The average Bonchev–Trinajstić information content (AvgIpc) is 3.38. The molecule has 4 rings (SSSR count). The van der Waals surface area contributed by atoms with Crippen molar-refractivity contribution in [1.82, 2.24) is 15.0 Å². The number of amides is 1. The van der Waals surface area contributed by atoms with Crippen LogP contribution in [0.5, 0.6) is 11.6 Å². The van der Waals surface area contributed by atoms with E-state index in [1.54, 1.807) is 18.6 Å². The molecule has 166 valence electrons. The molecule has 3 aromatic heterocycles. The molecular formula is C21H19FN4O4S2. The van der Waals surface area contributed by atoms with Gasteiger partial charge in [0.2, 0.25) is 5.88 Å². The lowest BCUT2D eigenvalue weighted by molar-refractivity contribution is 0.103. The van der Waals surface area contributed by atoms with Crippen LogP contribution in [0.25, 0.3) is 21.5 Å². The molecule has 0 atom stereocenters. The molecule has 1 N–H and O–H groups in total. The van der Waals surface area contributed by atoms with Crippen molar-refractivity contribution in [3.05, 3.63) is 45.7 Å². The summed E-state index contributed by atoms with van der Waals surface area (Å²) in [4.78, 5) is 27.3. The molecular weight excluding hydrogens is 455 g/mol. The number of thiazole rings is 1. The predicted molar refractivity (Wildman–Crippen MR) is 121 cm³/mol. The third kappa shape index (κ3) is 4.14. The van der Waals surface area contributed by atoms with E-state index in [2.05, 4.69) is 20.3 Å². The van der Waals surface area contributed by atoms with E-state index in [4.69, 9.17) is 14.2 Å². The van der Waals surface area contributed by atoms with Gasteiger partial charge in [0.05, 0.1) is 30.2 Å². The summed E-state index contributed by atoms with van der Waals surface area (Å²) in [6.45, 7) is 2.06. The van der Waals surface area contributed by atoms with Crippen molar-refractivity contribution in [2.75, 3.05) is 26.6 Å². The maximum atomic E-state index is 14.0. The smallest absolute Gasteiger partial charge is 0.267 e. The van der Waals surface area contributed by atoms with Gasteiger partial charge in [0.1, 0.15) is 11.4 Å². The Bertz CT molecular complexity index is 1300. The van der Waals surface area contributed by atoms with Gasteiger partial charge in [-0.25, -0.2) is 14.4 Å². The quantitative estimate of drug-likeness (QED) is 0.416. The highest BCUT2D eigenvalue weighted by Crippen LogP contribution is 2.36. The zero-order valence-corrected chi connectivity index (χ0v) is 19.3. The number of methoxy groups -OCH3 is 3. The van der Waals surface area contributed by atoms with Crippen LogP contribution < -0.4 is 14.8 Å². The molecule has 32 heavy (non-hydrogen) atoms. The number of nitrogens with zero attached hydrogens (tertiary/aromatic N) is 3. The molecule has 3 heterocycles. The molecule has 8 nitrogen and oxygen atoms in total. The number of carbonyl (C=O) groups excluding carboxylic acids is 1. The molecule has 0 fully saturated rings. The Balaban J connectivity index is 1.61. The fourth-order valence-electron chi connectivity index (χ4n) is 3.15. The number of carbonyl (C=O) groups is 1. The Labute approximate surface area is 191 Å². The number of nitrogens with one attached hydrogen (secondary N) is 1. The molecule has 1 aromatic carbocycles. The van der Waals surface area contributed by atoms with E-state index in [1.165, 1.54) is 49.0 Å².